The maximum atomic E-state index is 12.2. The topological polar surface area (TPSA) is 49.8 Å². The molecule has 1 aliphatic carbocycles. The Labute approximate surface area is 186 Å². The highest BCUT2D eigenvalue weighted by Crippen LogP contribution is 2.35. The zero-order chi connectivity index (χ0) is 21.8. The number of carbonyl (C=O) groups excluding carboxylic acids is 1. The Bertz CT molecular complexity index is 961. The summed E-state index contributed by atoms with van der Waals surface area (Å²) in [6, 6.07) is 6.63. The number of hydrogen-bond donors (Lipinski definition) is 1. The van der Waals surface area contributed by atoms with Gasteiger partial charge in [0.05, 0.1) is 24.4 Å². The van der Waals surface area contributed by atoms with Crippen LogP contribution in [-0.2, 0) is 4.79 Å². The van der Waals surface area contributed by atoms with Crippen molar-refractivity contribution in [3.63, 3.8) is 0 Å². The van der Waals surface area contributed by atoms with E-state index in [9.17, 15) is 9.90 Å². The van der Waals surface area contributed by atoms with Gasteiger partial charge in [0.1, 0.15) is 11.5 Å². The number of carbonyl (C=O) groups is 1. The van der Waals surface area contributed by atoms with Crippen molar-refractivity contribution in [3.8, 4) is 5.75 Å². The van der Waals surface area contributed by atoms with Crippen LogP contribution in [-0.4, -0.2) is 34.5 Å². The Morgan fingerprint density at radius 3 is 2.77 bits per heavy atom. The van der Waals surface area contributed by atoms with Crippen molar-refractivity contribution in [3.05, 3.63) is 40.5 Å². The van der Waals surface area contributed by atoms with Gasteiger partial charge in [0.2, 0.25) is 0 Å². The number of aliphatic hydroxyl groups excluding tert-OH is 1. The lowest BCUT2D eigenvalue weighted by Crippen LogP contribution is -2.52. The number of unbranched alkanes of at least 4 members (excludes halogenated alkanes) is 3. The molecule has 1 saturated carbocycles. The second-order valence-corrected chi connectivity index (χ2v) is 9.34. The zero-order valence-electron chi connectivity index (χ0n) is 19.2. The quantitative estimate of drug-likeness (QED) is 0.583. The SMILES string of the molecule is CCCCCCC(CCC)Oc1ccc2c(c1)=C1C(O)=CC(=O)CN1[C@H]1CCCCC=21. The van der Waals surface area contributed by atoms with E-state index in [0.29, 0.717) is 6.54 Å². The van der Waals surface area contributed by atoms with Crippen LogP contribution in [0.1, 0.15) is 84.5 Å². The summed E-state index contributed by atoms with van der Waals surface area (Å²) in [6.45, 7) is 4.81. The van der Waals surface area contributed by atoms with Gasteiger partial charge in [-0.3, -0.25) is 4.79 Å². The molecule has 0 bridgehead atoms. The summed E-state index contributed by atoms with van der Waals surface area (Å²) >= 11 is 0. The predicted molar refractivity (Wildman–Crippen MR) is 125 cm³/mol. The van der Waals surface area contributed by atoms with Crippen LogP contribution in [0.25, 0.3) is 11.3 Å². The summed E-state index contributed by atoms with van der Waals surface area (Å²) in [5, 5.41) is 13.0. The van der Waals surface area contributed by atoms with Crippen molar-refractivity contribution in [2.24, 2.45) is 0 Å². The number of fused-ring (bicyclic) bond motifs is 4. The molecule has 0 amide bonds. The highest BCUT2D eigenvalue weighted by atomic mass is 16.5. The van der Waals surface area contributed by atoms with Crippen LogP contribution in [0.2, 0.25) is 0 Å². The normalized spacial score (nSPS) is 21.2. The average Bonchev–Trinajstić information content (AvgIpc) is 2.76. The van der Waals surface area contributed by atoms with E-state index in [-0.39, 0.29) is 23.7 Å². The van der Waals surface area contributed by atoms with Crippen LogP contribution in [0, 0.1) is 0 Å². The molecule has 168 valence electrons. The second-order valence-electron chi connectivity index (χ2n) is 9.34. The third kappa shape index (κ3) is 4.68. The van der Waals surface area contributed by atoms with E-state index in [1.165, 1.54) is 55.4 Å². The molecule has 2 atom stereocenters. The molecule has 0 spiro atoms. The molecule has 0 radical (unpaired) electrons. The molecule has 0 aromatic heterocycles. The minimum absolute atomic E-state index is 0.0166. The maximum Gasteiger partial charge on any atom is 0.178 e. The molecule has 4 heteroatoms. The predicted octanol–water partition coefficient (Wildman–Crippen LogP) is 4.75. The first kappa shape index (κ1) is 22.0. The van der Waals surface area contributed by atoms with E-state index in [2.05, 4.69) is 36.9 Å². The van der Waals surface area contributed by atoms with E-state index in [1.807, 2.05) is 0 Å². The van der Waals surface area contributed by atoms with Gasteiger partial charge in [0.15, 0.2) is 5.78 Å². The fraction of sp³-hybridized carbons (Fsp3) is 0.593. The number of ketones is 1. The molecule has 1 N–H and O–H groups in total. The Kier molecular flexibility index (Phi) is 7.04. The number of ether oxygens (including phenoxy) is 1. The van der Waals surface area contributed by atoms with Crippen LogP contribution in [0.4, 0.5) is 0 Å². The number of aliphatic hydroxyl groups is 1. The molecule has 3 aliphatic rings. The van der Waals surface area contributed by atoms with Crippen LogP contribution in [0.5, 0.6) is 5.75 Å². The fourth-order valence-electron chi connectivity index (χ4n) is 5.52. The first-order valence-corrected chi connectivity index (χ1v) is 12.4. The summed E-state index contributed by atoms with van der Waals surface area (Å²) < 4.78 is 6.46. The number of hydrogen-bond acceptors (Lipinski definition) is 4. The van der Waals surface area contributed by atoms with E-state index < -0.39 is 0 Å². The molecule has 1 aromatic carbocycles. The highest BCUT2D eigenvalue weighted by molar-refractivity contribution is 5.97. The second kappa shape index (κ2) is 9.93. The van der Waals surface area contributed by atoms with Gasteiger partial charge >= 0.3 is 0 Å². The first-order chi connectivity index (χ1) is 15.1. The van der Waals surface area contributed by atoms with Gasteiger partial charge in [-0.1, -0.05) is 52.0 Å². The Morgan fingerprint density at radius 2 is 1.97 bits per heavy atom. The standard InChI is InChI=1S/C27H37NO3/c1-3-5-6-7-11-20(10-4-2)31-21-14-15-22-23-12-8-9-13-25(23)28-18-19(29)16-26(30)27(28)24(22)17-21/h14-17,20,25,30H,3-13,18H2,1-2H3/t20?,25-/m0/s1. The van der Waals surface area contributed by atoms with E-state index >= 15 is 0 Å². The molecule has 4 rings (SSSR count). The first-order valence-electron chi connectivity index (χ1n) is 12.4. The van der Waals surface area contributed by atoms with Crippen molar-refractivity contribution in [1.29, 1.82) is 0 Å². The van der Waals surface area contributed by atoms with Gasteiger partial charge in [-0.25, -0.2) is 0 Å². The largest absolute Gasteiger partial charge is 0.506 e. The van der Waals surface area contributed by atoms with Crippen LogP contribution >= 0.6 is 0 Å². The maximum absolute atomic E-state index is 12.2. The monoisotopic (exact) mass is 423 g/mol. The Morgan fingerprint density at radius 1 is 1.10 bits per heavy atom. The minimum atomic E-state index is -0.0166. The van der Waals surface area contributed by atoms with Crippen LogP contribution in [0.15, 0.2) is 30.0 Å². The van der Waals surface area contributed by atoms with Crippen molar-refractivity contribution in [1.82, 2.24) is 4.90 Å². The summed E-state index contributed by atoms with van der Waals surface area (Å²) in [6.07, 6.45) is 14.4. The molecule has 0 saturated heterocycles. The van der Waals surface area contributed by atoms with Crippen molar-refractivity contribution < 1.29 is 14.6 Å². The third-order valence-electron chi connectivity index (χ3n) is 6.99. The van der Waals surface area contributed by atoms with Gasteiger partial charge < -0.3 is 14.7 Å². The summed E-state index contributed by atoms with van der Waals surface area (Å²) in [5.41, 5.74) is 2.23. The molecule has 2 heterocycles. The molecule has 4 nitrogen and oxygen atoms in total. The minimum Gasteiger partial charge on any atom is -0.506 e. The molecule has 31 heavy (non-hydrogen) atoms. The van der Waals surface area contributed by atoms with E-state index in [0.717, 1.165) is 48.8 Å². The lowest BCUT2D eigenvalue weighted by molar-refractivity contribution is -0.115. The van der Waals surface area contributed by atoms with Gasteiger partial charge in [-0.05, 0) is 61.4 Å². The third-order valence-corrected chi connectivity index (χ3v) is 6.99. The Hall–Kier alpha value is -2.23. The average molecular weight is 424 g/mol. The van der Waals surface area contributed by atoms with E-state index in [1.54, 1.807) is 0 Å². The molecular weight excluding hydrogens is 386 g/mol. The van der Waals surface area contributed by atoms with E-state index in [4.69, 9.17) is 4.74 Å². The smallest absolute Gasteiger partial charge is 0.178 e. The van der Waals surface area contributed by atoms with Crippen molar-refractivity contribution in [2.75, 3.05) is 6.54 Å². The van der Waals surface area contributed by atoms with Gasteiger partial charge in [-0.2, -0.15) is 0 Å². The summed E-state index contributed by atoms with van der Waals surface area (Å²) in [5.74, 6) is 0.959. The molecule has 1 fully saturated rings. The summed E-state index contributed by atoms with van der Waals surface area (Å²) in [4.78, 5) is 14.4. The number of rotatable bonds is 9. The van der Waals surface area contributed by atoms with Crippen LogP contribution < -0.4 is 15.2 Å². The number of nitrogens with zero attached hydrogens (tertiary/aromatic N) is 1. The lowest BCUT2D eigenvalue weighted by atomic mass is 9.83. The highest BCUT2D eigenvalue weighted by Gasteiger charge is 2.35. The van der Waals surface area contributed by atoms with Crippen molar-refractivity contribution >= 4 is 17.1 Å². The number of benzene rings is 1. The molecule has 1 aromatic rings. The van der Waals surface area contributed by atoms with Gasteiger partial charge in [0.25, 0.3) is 0 Å². The van der Waals surface area contributed by atoms with Crippen LogP contribution in [0.3, 0.4) is 0 Å². The zero-order valence-corrected chi connectivity index (χ0v) is 19.2. The summed E-state index contributed by atoms with van der Waals surface area (Å²) in [7, 11) is 0. The van der Waals surface area contributed by atoms with Gasteiger partial charge in [-0.15, -0.1) is 0 Å². The van der Waals surface area contributed by atoms with Crippen molar-refractivity contribution in [2.45, 2.75) is 96.6 Å². The Balaban J connectivity index is 1.70. The molecule has 1 unspecified atom stereocenters. The molecule has 2 aliphatic heterocycles. The fourth-order valence-corrected chi connectivity index (χ4v) is 5.52. The van der Waals surface area contributed by atoms with Gasteiger partial charge in [0, 0.05) is 11.3 Å². The molecular formula is C27H37NO3. The lowest BCUT2D eigenvalue weighted by Gasteiger charge is -2.42.